The Bertz CT molecular complexity index is 605. The Morgan fingerprint density at radius 3 is 2.65 bits per heavy atom. The van der Waals surface area contributed by atoms with Crippen LogP contribution in [0.1, 0.15) is 19.4 Å². The zero-order valence-electron chi connectivity index (χ0n) is 11.8. The highest BCUT2D eigenvalue weighted by molar-refractivity contribution is 7.89. The van der Waals surface area contributed by atoms with Crippen LogP contribution in [0.15, 0.2) is 23.1 Å². The van der Waals surface area contributed by atoms with Crippen LogP contribution in [0.2, 0.25) is 0 Å². The van der Waals surface area contributed by atoms with Gasteiger partial charge in [-0.2, -0.15) is 4.31 Å². The zero-order valence-corrected chi connectivity index (χ0v) is 12.6. The molecule has 2 aliphatic rings. The number of hydrogen-bond donors (Lipinski definition) is 1. The number of rotatable bonds is 2. The zero-order chi connectivity index (χ0) is 14.3. The fourth-order valence-corrected chi connectivity index (χ4v) is 4.61. The quantitative estimate of drug-likeness (QED) is 0.884. The summed E-state index contributed by atoms with van der Waals surface area (Å²) < 4.78 is 32.5. The van der Waals surface area contributed by atoms with Gasteiger partial charge in [-0.3, -0.25) is 0 Å². The molecule has 0 spiro atoms. The molecule has 0 radical (unpaired) electrons. The monoisotopic (exact) mass is 296 g/mol. The molecule has 20 heavy (non-hydrogen) atoms. The van der Waals surface area contributed by atoms with E-state index in [-0.39, 0.29) is 12.1 Å². The van der Waals surface area contributed by atoms with E-state index in [1.165, 1.54) is 0 Å². The van der Waals surface area contributed by atoms with Gasteiger partial charge in [0.1, 0.15) is 5.75 Å². The number of benzene rings is 1. The fraction of sp³-hybridized carbons (Fsp3) is 0.571. The minimum Gasteiger partial charge on any atom is -0.493 e. The molecule has 0 amide bonds. The largest absolute Gasteiger partial charge is 0.493 e. The predicted molar refractivity (Wildman–Crippen MR) is 76.5 cm³/mol. The topological polar surface area (TPSA) is 58.6 Å². The first-order valence-electron chi connectivity index (χ1n) is 6.99. The lowest BCUT2D eigenvalue weighted by Crippen LogP contribution is -2.55. The van der Waals surface area contributed by atoms with Gasteiger partial charge in [0, 0.05) is 31.6 Å². The van der Waals surface area contributed by atoms with Crippen LogP contribution in [0, 0.1) is 0 Å². The molecule has 0 aromatic heterocycles. The van der Waals surface area contributed by atoms with E-state index in [9.17, 15) is 8.42 Å². The van der Waals surface area contributed by atoms with Crippen molar-refractivity contribution in [3.63, 3.8) is 0 Å². The molecular weight excluding hydrogens is 276 g/mol. The van der Waals surface area contributed by atoms with Crippen molar-refractivity contribution in [2.24, 2.45) is 0 Å². The second kappa shape index (κ2) is 5.02. The van der Waals surface area contributed by atoms with E-state index >= 15 is 0 Å². The second-order valence-corrected chi connectivity index (χ2v) is 7.60. The Kier molecular flexibility index (Phi) is 3.48. The van der Waals surface area contributed by atoms with Gasteiger partial charge in [0.05, 0.1) is 11.5 Å². The van der Waals surface area contributed by atoms with Crippen molar-refractivity contribution in [1.82, 2.24) is 9.62 Å². The first-order valence-corrected chi connectivity index (χ1v) is 8.43. The summed E-state index contributed by atoms with van der Waals surface area (Å²) in [5, 5.41) is 3.35. The van der Waals surface area contributed by atoms with Crippen molar-refractivity contribution in [2.75, 3.05) is 19.7 Å². The predicted octanol–water partition coefficient (Wildman–Crippen LogP) is 0.992. The minimum atomic E-state index is -3.41. The molecule has 2 atom stereocenters. The van der Waals surface area contributed by atoms with Crippen LogP contribution in [0.25, 0.3) is 0 Å². The molecule has 6 heteroatoms. The molecular formula is C14H20N2O3S. The van der Waals surface area contributed by atoms with Crippen LogP contribution in [0.5, 0.6) is 5.75 Å². The van der Waals surface area contributed by atoms with Crippen molar-refractivity contribution in [2.45, 2.75) is 37.2 Å². The molecule has 1 saturated heterocycles. The van der Waals surface area contributed by atoms with E-state index in [1.54, 1.807) is 22.5 Å². The minimum absolute atomic E-state index is 0.172. The van der Waals surface area contributed by atoms with Crippen LogP contribution in [0.4, 0.5) is 0 Å². The standard InChI is InChI=1S/C14H20N2O3S/c1-10-8-16(9-11(2)15-10)20(17,18)13-3-4-14-12(7-13)5-6-19-14/h3-4,7,10-11,15H,5-6,8-9H2,1-2H3/t10-,11+. The van der Waals surface area contributed by atoms with Gasteiger partial charge in [-0.1, -0.05) is 0 Å². The van der Waals surface area contributed by atoms with Crippen molar-refractivity contribution >= 4 is 10.0 Å². The van der Waals surface area contributed by atoms with Crippen LogP contribution < -0.4 is 10.1 Å². The third-order valence-corrected chi connectivity index (χ3v) is 5.65. The number of fused-ring (bicyclic) bond motifs is 1. The van der Waals surface area contributed by atoms with E-state index in [2.05, 4.69) is 5.32 Å². The van der Waals surface area contributed by atoms with Gasteiger partial charge < -0.3 is 10.1 Å². The van der Waals surface area contributed by atoms with Crippen LogP contribution in [-0.4, -0.2) is 44.5 Å². The summed E-state index contributed by atoms with van der Waals surface area (Å²) in [5.41, 5.74) is 0.988. The molecule has 2 aliphatic heterocycles. The third-order valence-electron chi connectivity index (χ3n) is 3.82. The molecule has 1 N–H and O–H groups in total. The van der Waals surface area contributed by atoms with E-state index < -0.39 is 10.0 Å². The number of hydrogen-bond acceptors (Lipinski definition) is 4. The fourth-order valence-electron chi connectivity index (χ4n) is 2.95. The lowest BCUT2D eigenvalue weighted by Gasteiger charge is -2.35. The summed E-state index contributed by atoms with van der Waals surface area (Å²) in [4.78, 5) is 0.378. The van der Waals surface area contributed by atoms with Crippen LogP contribution >= 0.6 is 0 Å². The van der Waals surface area contributed by atoms with Crippen molar-refractivity contribution < 1.29 is 13.2 Å². The first-order chi connectivity index (χ1) is 9.46. The number of ether oxygens (including phenoxy) is 1. The Balaban J connectivity index is 1.91. The maximum absolute atomic E-state index is 12.7. The number of nitrogens with one attached hydrogen (secondary N) is 1. The molecule has 0 unspecified atom stereocenters. The molecule has 5 nitrogen and oxygen atoms in total. The summed E-state index contributed by atoms with van der Waals surface area (Å²) in [6, 6.07) is 5.52. The average Bonchev–Trinajstić information content (AvgIpc) is 2.84. The van der Waals surface area contributed by atoms with Gasteiger partial charge in [0.15, 0.2) is 0 Å². The Morgan fingerprint density at radius 2 is 1.95 bits per heavy atom. The summed E-state index contributed by atoms with van der Waals surface area (Å²) in [5.74, 6) is 0.811. The van der Waals surface area contributed by atoms with Crippen molar-refractivity contribution in [1.29, 1.82) is 0 Å². The van der Waals surface area contributed by atoms with E-state index in [1.807, 2.05) is 13.8 Å². The summed E-state index contributed by atoms with van der Waals surface area (Å²) in [7, 11) is -3.41. The van der Waals surface area contributed by atoms with Gasteiger partial charge in [-0.05, 0) is 37.6 Å². The first kappa shape index (κ1) is 13.9. The molecule has 0 saturated carbocycles. The number of piperazine rings is 1. The van der Waals surface area contributed by atoms with Gasteiger partial charge in [-0.15, -0.1) is 0 Å². The second-order valence-electron chi connectivity index (χ2n) is 5.66. The summed E-state index contributed by atoms with van der Waals surface area (Å²) in [6.45, 7) is 5.69. The van der Waals surface area contributed by atoms with Gasteiger partial charge in [0.2, 0.25) is 10.0 Å². The molecule has 1 aromatic rings. The Labute approximate surface area is 120 Å². The van der Waals surface area contributed by atoms with Crippen molar-refractivity contribution in [3.8, 4) is 5.75 Å². The van der Waals surface area contributed by atoms with Crippen LogP contribution in [-0.2, 0) is 16.4 Å². The SMILES string of the molecule is C[C@@H]1CN(S(=O)(=O)c2ccc3c(c2)CCO3)C[C@H](C)N1. The molecule has 3 rings (SSSR count). The molecule has 0 bridgehead atoms. The highest BCUT2D eigenvalue weighted by Crippen LogP contribution is 2.29. The highest BCUT2D eigenvalue weighted by Gasteiger charge is 2.32. The molecule has 1 fully saturated rings. The lowest BCUT2D eigenvalue weighted by atomic mass is 10.2. The number of sulfonamides is 1. The maximum Gasteiger partial charge on any atom is 0.243 e. The van der Waals surface area contributed by atoms with E-state index in [0.29, 0.717) is 24.6 Å². The van der Waals surface area contributed by atoms with Crippen LogP contribution in [0.3, 0.4) is 0 Å². The van der Waals surface area contributed by atoms with E-state index in [0.717, 1.165) is 17.7 Å². The van der Waals surface area contributed by atoms with Gasteiger partial charge >= 0.3 is 0 Å². The smallest absolute Gasteiger partial charge is 0.243 e. The molecule has 2 heterocycles. The molecule has 1 aromatic carbocycles. The lowest BCUT2D eigenvalue weighted by molar-refractivity contribution is 0.263. The maximum atomic E-state index is 12.7. The Hall–Kier alpha value is -1.11. The van der Waals surface area contributed by atoms with E-state index in [4.69, 9.17) is 4.74 Å². The van der Waals surface area contributed by atoms with Crippen molar-refractivity contribution in [3.05, 3.63) is 23.8 Å². The summed E-state index contributed by atoms with van der Waals surface area (Å²) in [6.07, 6.45) is 0.785. The highest BCUT2D eigenvalue weighted by atomic mass is 32.2. The molecule has 110 valence electrons. The summed E-state index contributed by atoms with van der Waals surface area (Å²) >= 11 is 0. The number of nitrogens with zero attached hydrogens (tertiary/aromatic N) is 1. The van der Waals surface area contributed by atoms with Gasteiger partial charge in [-0.25, -0.2) is 8.42 Å². The average molecular weight is 296 g/mol. The molecule has 0 aliphatic carbocycles. The third kappa shape index (κ3) is 2.43. The van der Waals surface area contributed by atoms with Gasteiger partial charge in [0.25, 0.3) is 0 Å². The Morgan fingerprint density at radius 1 is 1.25 bits per heavy atom. The normalized spacial score (nSPS) is 27.1.